The van der Waals surface area contributed by atoms with Crippen molar-refractivity contribution in [2.75, 3.05) is 23.9 Å². The lowest BCUT2D eigenvalue weighted by Crippen LogP contribution is -2.44. The molecule has 2 N–H and O–H groups in total. The fourth-order valence-electron chi connectivity index (χ4n) is 2.79. The van der Waals surface area contributed by atoms with Crippen LogP contribution in [0.1, 0.15) is 23.7 Å². The fourth-order valence-corrected chi connectivity index (χ4v) is 4.38. The van der Waals surface area contributed by atoms with Crippen molar-refractivity contribution in [1.82, 2.24) is 10.3 Å². The first kappa shape index (κ1) is 22.4. The molecule has 1 unspecified atom stereocenters. The summed E-state index contributed by atoms with van der Waals surface area (Å²) in [7, 11) is 0. The molecule has 2 amide bonds. The van der Waals surface area contributed by atoms with Gasteiger partial charge in [-0.25, -0.2) is 4.98 Å². The summed E-state index contributed by atoms with van der Waals surface area (Å²) in [6, 6.07) is 11.7. The number of thioether (sulfide) groups is 1. The molecule has 0 bridgehead atoms. The van der Waals surface area contributed by atoms with Gasteiger partial charge in [-0.3, -0.25) is 9.59 Å². The summed E-state index contributed by atoms with van der Waals surface area (Å²) in [6.45, 7) is 2.50. The average Bonchev–Trinajstić information content (AvgIpc) is 3.12. The Bertz CT molecular complexity index is 1040. The van der Waals surface area contributed by atoms with Crippen LogP contribution in [0.25, 0.3) is 10.2 Å². The number of halogens is 1. The summed E-state index contributed by atoms with van der Waals surface area (Å²) in [6.07, 6.45) is 2.44. The Morgan fingerprint density at radius 1 is 1.27 bits per heavy atom. The molecule has 158 valence electrons. The van der Waals surface area contributed by atoms with E-state index in [-0.39, 0.29) is 11.8 Å². The van der Waals surface area contributed by atoms with Crippen LogP contribution < -0.4 is 15.4 Å². The third-order valence-corrected chi connectivity index (χ3v) is 6.16. The van der Waals surface area contributed by atoms with Gasteiger partial charge < -0.3 is 15.4 Å². The van der Waals surface area contributed by atoms with E-state index in [1.807, 2.05) is 31.4 Å². The summed E-state index contributed by atoms with van der Waals surface area (Å²) in [4.78, 5) is 30.0. The molecule has 1 atom stereocenters. The van der Waals surface area contributed by atoms with Gasteiger partial charge >= 0.3 is 0 Å². The lowest BCUT2D eigenvalue weighted by molar-refractivity contribution is -0.118. The van der Waals surface area contributed by atoms with E-state index >= 15 is 0 Å². The van der Waals surface area contributed by atoms with E-state index in [9.17, 15) is 9.59 Å². The van der Waals surface area contributed by atoms with E-state index in [0.717, 1.165) is 21.7 Å². The molecule has 3 rings (SSSR count). The number of nitrogens with zero attached hydrogens (tertiary/aromatic N) is 1. The molecule has 0 radical (unpaired) electrons. The summed E-state index contributed by atoms with van der Waals surface area (Å²) in [5.41, 5.74) is 1.11. The van der Waals surface area contributed by atoms with Crippen LogP contribution in [0.15, 0.2) is 42.5 Å². The molecule has 1 heterocycles. The van der Waals surface area contributed by atoms with Crippen LogP contribution >= 0.6 is 34.7 Å². The van der Waals surface area contributed by atoms with Gasteiger partial charge in [0, 0.05) is 0 Å². The highest BCUT2D eigenvalue weighted by Gasteiger charge is 2.23. The van der Waals surface area contributed by atoms with Crippen molar-refractivity contribution in [3.63, 3.8) is 0 Å². The van der Waals surface area contributed by atoms with Crippen molar-refractivity contribution in [3.05, 3.63) is 53.1 Å². The fraction of sp³-hybridized carbons (Fsp3) is 0.286. The lowest BCUT2D eigenvalue weighted by Gasteiger charge is -2.17. The normalized spacial score (nSPS) is 11.8. The second-order valence-corrected chi connectivity index (χ2v) is 8.78. The minimum Gasteiger partial charge on any atom is -0.494 e. The van der Waals surface area contributed by atoms with Gasteiger partial charge in [-0.2, -0.15) is 11.8 Å². The van der Waals surface area contributed by atoms with Gasteiger partial charge in [0.1, 0.15) is 11.8 Å². The number of fused-ring (bicyclic) bond motifs is 1. The first-order valence-corrected chi connectivity index (χ1v) is 12.0. The minimum atomic E-state index is -0.702. The summed E-state index contributed by atoms with van der Waals surface area (Å²) in [5, 5.41) is 6.45. The number of carbonyl (C=O) groups excluding carboxylic acids is 2. The minimum absolute atomic E-state index is 0.312. The predicted octanol–water partition coefficient (Wildman–Crippen LogP) is 4.84. The summed E-state index contributed by atoms with van der Waals surface area (Å²) < 4.78 is 6.43. The van der Waals surface area contributed by atoms with Crippen LogP contribution in [0.2, 0.25) is 5.02 Å². The highest BCUT2D eigenvalue weighted by molar-refractivity contribution is 7.98. The third-order valence-electron chi connectivity index (χ3n) is 4.25. The monoisotopic (exact) mass is 463 g/mol. The molecule has 0 aliphatic rings. The van der Waals surface area contributed by atoms with Gasteiger partial charge in [0.25, 0.3) is 5.91 Å². The van der Waals surface area contributed by atoms with Crippen LogP contribution in [-0.2, 0) is 4.79 Å². The number of carbonyl (C=O) groups is 2. The van der Waals surface area contributed by atoms with E-state index < -0.39 is 6.04 Å². The maximum Gasteiger partial charge on any atom is 0.253 e. The Hall–Kier alpha value is -2.29. The number of ether oxygens (including phenoxy) is 1. The number of thiazole rings is 1. The Labute approximate surface area is 188 Å². The molecular weight excluding hydrogens is 442 g/mol. The predicted molar refractivity (Wildman–Crippen MR) is 125 cm³/mol. The molecule has 0 aliphatic heterocycles. The maximum atomic E-state index is 12.9. The number of rotatable bonds is 9. The molecule has 0 fully saturated rings. The van der Waals surface area contributed by atoms with Crippen molar-refractivity contribution in [3.8, 4) is 5.75 Å². The first-order chi connectivity index (χ1) is 14.5. The molecule has 3 aromatic rings. The zero-order chi connectivity index (χ0) is 21.5. The zero-order valence-electron chi connectivity index (χ0n) is 16.6. The van der Waals surface area contributed by atoms with Crippen LogP contribution in [-0.4, -0.2) is 41.5 Å². The smallest absolute Gasteiger partial charge is 0.253 e. The molecule has 9 heteroatoms. The van der Waals surface area contributed by atoms with E-state index in [0.29, 0.717) is 28.7 Å². The standard InChI is InChI=1S/C21H22ClN3O3S2/c1-3-28-13-8-9-16-18(12-13)30-21(24-16)25-20(27)17(10-11-29-2)23-19(26)14-6-4-5-7-15(14)22/h4-9,12,17H,3,10-11H2,1-2H3,(H,23,26)(H,24,25,27). The Balaban J connectivity index is 1.74. The zero-order valence-corrected chi connectivity index (χ0v) is 19.0. The Morgan fingerprint density at radius 2 is 2.07 bits per heavy atom. The van der Waals surface area contributed by atoms with E-state index in [4.69, 9.17) is 16.3 Å². The number of amides is 2. The largest absolute Gasteiger partial charge is 0.494 e. The second-order valence-electron chi connectivity index (χ2n) is 6.36. The second kappa shape index (κ2) is 10.7. The van der Waals surface area contributed by atoms with Gasteiger partial charge in [-0.05, 0) is 55.7 Å². The SMILES string of the molecule is CCOc1ccc2nc(NC(=O)C(CCSC)NC(=O)c3ccccc3Cl)sc2c1. The summed E-state index contributed by atoms with van der Waals surface area (Å²) in [5.74, 6) is 0.788. The van der Waals surface area contributed by atoms with Crippen molar-refractivity contribution < 1.29 is 14.3 Å². The Morgan fingerprint density at radius 3 is 2.80 bits per heavy atom. The number of anilines is 1. The van der Waals surface area contributed by atoms with Gasteiger partial charge in [0.2, 0.25) is 5.91 Å². The molecule has 0 saturated heterocycles. The number of hydrogen-bond acceptors (Lipinski definition) is 6. The van der Waals surface area contributed by atoms with Crippen LogP contribution in [0.5, 0.6) is 5.75 Å². The molecule has 1 aromatic heterocycles. The number of benzene rings is 2. The van der Waals surface area contributed by atoms with Crippen molar-refractivity contribution >= 4 is 61.9 Å². The highest BCUT2D eigenvalue weighted by atomic mass is 35.5. The number of aromatic nitrogens is 1. The van der Waals surface area contributed by atoms with E-state index in [1.54, 1.807) is 36.0 Å². The Kier molecular flexibility index (Phi) is 7.95. The third kappa shape index (κ3) is 5.65. The summed E-state index contributed by atoms with van der Waals surface area (Å²) >= 11 is 9.08. The van der Waals surface area contributed by atoms with Crippen molar-refractivity contribution in [2.45, 2.75) is 19.4 Å². The highest BCUT2D eigenvalue weighted by Crippen LogP contribution is 2.29. The van der Waals surface area contributed by atoms with Crippen LogP contribution in [0.4, 0.5) is 5.13 Å². The molecule has 6 nitrogen and oxygen atoms in total. The van der Waals surface area contributed by atoms with E-state index in [1.165, 1.54) is 11.3 Å². The maximum absolute atomic E-state index is 12.9. The number of hydrogen-bond donors (Lipinski definition) is 2. The van der Waals surface area contributed by atoms with Gasteiger partial charge in [0.15, 0.2) is 5.13 Å². The quantitative estimate of drug-likeness (QED) is 0.474. The van der Waals surface area contributed by atoms with Crippen molar-refractivity contribution in [1.29, 1.82) is 0 Å². The van der Waals surface area contributed by atoms with Gasteiger partial charge in [-0.1, -0.05) is 35.1 Å². The first-order valence-electron chi connectivity index (χ1n) is 9.40. The van der Waals surface area contributed by atoms with Gasteiger partial charge in [-0.15, -0.1) is 0 Å². The van der Waals surface area contributed by atoms with Crippen LogP contribution in [0.3, 0.4) is 0 Å². The molecule has 0 spiro atoms. The lowest BCUT2D eigenvalue weighted by atomic mass is 10.1. The molecule has 0 saturated carbocycles. The van der Waals surface area contributed by atoms with Gasteiger partial charge in [0.05, 0.1) is 27.4 Å². The molecule has 2 aromatic carbocycles. The van der Waals surface area contributed by atoms with E-state index in [2.05, 4.69) is 15.6 Å². The van der Waals surface area contributed by atoms with Crippen LogP contribution in [0, 0.1) is 0 Å². The topological polar surface area (TPSA) is 80.3 Å². The molecule has 0 aliphatic carbocycles. The molecular formula is C21H22ClN3O3S2. The average molecular weight is 464 g/mol. The molecule has 30 heavy (non-hydrogen) atoms. The number of nitrogens with one attached hydrogen (secondary N) is 2. The van der Waals surface area contributed by atoms with Crippen molar-refractivity contribution in [2.24, 2.45) is 0 Å².